The molecule has 1 atom stereocenters. The number of nitrogens with zero attached hydrogens (tertiary/aromatic N) is 4. The summed E-state index contributed by atoms with van der Waals surface area (Å²) in [6, 6.07) is 6.80. The van der Waals surface area contributed by atoms with Crippen molar-refractivity contribution in [3.8, 4) is 6.07 Å². The first-order chi connectivity index (χ1) is 8.88. The predicted molar refractivity (Wildman–Crippen MR) is 70.4 cm³/mol. The fourth-order valence-corrected chi connectivity index (χ4v) is 3.11. The van der Waals surface area contributed by atoms with Gasteiger partial charge in [0, 0.05) is 31.9 Å². The summed E-state index contributed by atoms with van der Waals surface area (Å²) in [4.78, 5) is 9.09. The number of fused-ring (bicyclic) bond motifs is 1. The lowest BCUT2D eigenvalue weighted by molar-refractivity contribution is 0.133. The monoisotopic (exact) mass is 242 g/mol. The van der Waals surface area contributed by atoms with Crippen molar-refractivity contribution in [2.24, 2.45) is 0 Å². The average Bonchev–Trinajstić information content (AvgIpc) is 2.46. The number of nitriles is 1. The maximum absolute atomic E-state index is 9.13. The first kappa shape index (κ1) is 11.5. The lowest BCUT2D eigenvalue weighted by atomic mass is 9.99. The molecule has 3 heterocycles. The van der Waals surface area contributed by atoms with Crippen molar-refractivity contribution in [2.45, 2.75) is 25.3 Å². The summed E-state index contributed by atoms with van der Waals surface area (Å²) in [5.74, 6) is 0. The number of pyridine rings is 1. The van der Waals surface area contributed by atoms with Gasteiger partial charge in [-0.25, -0.2) is 4.98 Å². The number of hydrogen-bond donors (Lipinski definition) is 0. The van der Waals surface area contributed by atoms with Crippen molar-refractivity contribution >= 4 is 5.69 Å². The summed E-state index contributed by atoms with van der Waals surface area (Å²) < 4.78 is 0. The molecule has 2 fully saturated rings. The third-order valence-corrected chi connectivity index (χ3v) is 4.07. The van der Waals surface area contributed by atoms with Crippen molar-refractivity contribution in [1.29, 1.82) is 5.26 Å². The molecule has 94 valence electrons. The standard InChI is InChI=1S/C14H18N4/c15-10-13-14(5-3-6-16-13)18-9-8-17-7-2-1-4-12(17)11-18/h3,5-6,12H,1-2,4,7-9,11H2. The quantitative estimate of drug-likeness (QED) is 0.750. The topological polar surface area (TPSA) is 43.2 Å². The largest absolute Gasteiger partial charge is 0.366 e. The minimum atomic E-state index is 0.557. The molecule has 2 aliphatic heterocycles. The number of aromatic nitrogens is 1. The zero-order chi connectivity index (χ0) is 12.4. The highest BCUT2D eigenvalue weighted by atomic mass is 15.3. The predicted octanol–water partition coefficient (Wildman–Crippen LogP) is 1.63. The minimum absolute atomic E-state index is 0.557. The smallest absolute Gasteiger partial charge is 0.163 e. The SMILES string of the molecule is N#Cc1ncccc1N1CCN2CCCCC2C1. The van der Waals surface area contributed by atoms with Gasteiger partial charge in [0.2, 0.25) is 0 Å². The van der Waals surface area contributed by atoms with E-state index in [2.05, 4.69) is 20.9 Å². The lowest BCUT2D eigenvalue weighted by Crippen LogP contribution is -2.55. The fourth-order valence-electron chi connectivity index (χ4n) is 3.11. The van der Waals surface area contributed by atoms with Gasteiger partial charge in [0.1, 0.15) is 6.07 Å². The maximum atomic E-state index is 9.13. The highest BCUT2D eigenvalue weighted by Gasteiger charge is 2.29. The van der Waals surface area contributed by atoms with Gasteiger partial charge < -0.3 is 4.90 Å². The first-order valence-electron chi connectivity index (χ1n) is 6.72. The van der Waals surface area contributed by atoms with E-state index < -0.39 is 0 Å². The zero-order valence-corrected chi connectivity index (χ0v) is 10.5. The Bertz CT molecular complexity index is 465. The number of piperidine rings is 1. The van der Waals surface area contributed by atoms with E-state index in [0.29, 0.717) is 11.7 Å². The molecule has 0 amide bonds. The second kappa shape index (κ2) is 4.95. The van der Waals surface area contributed by atoms with Crippen LogP contribution >= 0.6 is 0 Å². The Kier molecular flexibility index (Phi) is 3.16. The molecule has 18 heavy (non-hydrogen) atoms. The summed E-state index contributed by atoms with van der Waals surface area (Å²) in [5, 5.41) is 9.13. The van der Waals surface area contributed by atoms with Crippen LogP contribution in [0.4, 0.5) is 5.69 Å². The van der Waals surface area contributed by atoms with Gasteiger partial charge >= 0.3 is 0 Å². The van der Waals surface area contributed by atoms with Gasteiger partial charge in [-0.2, -0.15) is 5.26 Å². The first-order valence-corrected chi connectivity index (χ1v) is 6.72. The second-order valence-electron chi connectivity index (χ2n) is 5.11. The van der Waals surface area contributed by atoms with Crippen molar-refractivity contribution in [3.05, 3.63) is 24.0 Å². The molecular formula is C14H18N4. The van der Waals surface area contributed by atoms with Crippen LogP contribution in [-0.4, -0.2) is 42.1 Å². The molecule has 0 radical (unpaired) electrons. The highest BCUT2D eigenvalue weighted by molar-refractivity contribution is 5.56. The molecule has 4 heteroatoms. The molecule has 1 unspecified atom stereocenters. The number of piperazine rings is 1. The van der Waals surface area contributed by atoms with Crippen molar-refractivity contribution in [1.82, 2.24) is 9.88 Å². The van der Waals surface area contributed by atoms with Crippen LogP contribution in [0.1, 0.15) is 25.0 Å². The van der Waals surface area contributed by atoms with Gasteiger partial charge in [0.05, 0.1) is 5.69 Å². The Balaban J connectivity index is 1.79. The molecule has 0 aliphatic carbocycles. The van der Waals surface area contributed by atoms with E-state index >= 15 is 0 Å². The summed E-state index contributed by atoms with van der Waals surface area (Å²) in [5.41, 5.74) is 1.56. The highest BCUT2D eigenvalue weighted by Crippen LogP contribution is 2.26. The van der Waals surface area contributed by atoms with Crippen LogP contribution in [0, 0.1) is 11.3 Å². The van der Waals surface area contributed by atoms with E-state index in [0.717, 1.165) is 25.3 Å². The zero-order valence-electron chi connectivity index (χ0n) is 10.5. The average molecular weight is 242 g/mol. The van der Waals surface area contributed by atoms with Gasteiger partial charge in [-0.3, -0.25) is 4.90 Å². The fraction of sp³-hybridized carbons (Fsp3) is 0.571. The molecule has 4 nitrogen and oxygen atoms in total. The normalized spacial score (nSPS) is 24.4. The van der Waals surface area contributed by atoms with Gasteiger partial charge in [-0.05, 0) is 31.5 Å². The second-order valence-corrected chi connectivity index (χ2v) is 5.11. The summed E-state index contributed by atoms with van der Waals surface area (Å²) in [6.45, 7) is 4.42. The molecule has 3 rings (SSSR count). The Morgan fingerprint density at radius 2 is 2.22 bits per heavy atom. The van der Waals surface area contributed by atoms with E-state index in [1.807, 2.05) is 12.1 Å². The minimum Gasteiger partial charge on any atom is -0.366 e. The van der Waals surface area contributed by atoms with E-state index in [1.165, 1.54) is 25.8 Å². The van der Waals surface area contributed by atoms with Gasteiger partial charge in [0.25, 0.3) is 0 Å². The molecule has 2 saturated heterocycles. The number of rotatable bonds is 1. The lowest BCUT2D eigenvalue weighted by Gasteiger charge is -2.44. The molecule has 1 aromatic heterocycles. The van der Waals surface area contributed by atoms with E-state index in [-0.39, 0.29) is 0 Å². The van der Waals surface area contributed by atoms with E-state index in [1.54, 1.807) is 6.20 Å². The van der Waals surface area contributed by atoms with Crippen LogP contribution in [-0.2, 0) is 0 Å². The molecular weight excluding hydrogens is 224 g/mol. The Labute approximate surface area is 108 Å². The van der Waals surface area contributed by atoms with Crippen LogP contribution in [0.25, 0.3) is 0 Å². The van der Waals surface area contributed by atoms with Crippen molar-refractivity contribution in [2.75, 3.05) is 31.1 Å². The molecule has 0 bridgehead atoms. The molecule has 0 N–H and O–H groups in total. The Morgan fingerprint density at radius 1 is 1.28 bits per heavy atom. The number of anilines is 1. The van der Waals surface area contributed by atoms with Crippen molar-refractivity contribution in [3.63, 3.8) is 0 Å². The van der Waals surface area contributed by atoms with Crippen LogP contribution in [0.3, 0.4) is 0 Å². The van der Waals surface area contributed by atoms with E-state index in [4.69, 9.17) is 5.26 Å². The Morgan fingerprint density at radius 3 is 3.11 bits per heavy atom. The molecule has 0 aromatic carbocycles. The van der Waals surface area contributed by atoms with Crippen molar-refractivity contribution < 1.29 is 0 Å². The molecule has 2 aliphatic rings. The van der Waals surface area contributed by atoms with Crippen LogP contribution in [0.15, 0.2) is 18.3 Å². The summed E-state index contributed by atoms with van der Waals surface area (Å²) in [7, 11) is 0. The van der Waals surface area contributed by atoms with Crippen LogP contribution < -0.4 is 4.90 Å². The maximum Gasteiger partial charge on any atom is 0.163 e. The van der Waals surface area contributed by atoms with Crippen LogP contribution in [0.5, 0.6) is 0 Å². The van der Waals surface area contributed by atoms with Gasteiger partial charge in [-0.1, -0.05) is 6.42 Å². The molecule has 0 saturated carbocycles. The van der Waals surface area contributed by atoms with Gasteiger partial charge in [-0.15, -0.1) is 0 Å². The third kappa shape index (κ3) is 2.06. The summed E-state index contributed by atoms with van der Waals surface area (Å²) >= 11 is 0. The van der Waals surface area contributed by atoms with E-state index in [9.17, 15) is 0 Å². The van der Waals surface area contributed by atoms with Crippen LogP contribution in [0.2, 0.25) is 0 Å². The van der Waals surface area contributed by atoms with Gasteiger partial charge in [0.15, 0.2) is 5.69 Å². The number of hydrogen-bond acceptors (Lipinski definition) is 4. The molecule has 1 aromatic rings. The third-order valence-electron chi connectivity index (χ3n) is 4.07. The Hall–Kier alpha value is -1.60. The summed E-state index contributed by atoms with van der Waals surface area (Å²) in [6.07, 6.45) is 5.66. The molecule has 0 spiro atoms.